The van der Waals surface area contributed by atoms with Crippen molar-refractivity contribution < 1.29 is 13.2 Å². The van der Waals surface area contributed by atoms with E-state index >= 15 is 0 Å². The van der Waals surface area contributed by atoms with Crippen molar-refractivity contribution >= 4 is 15.7 Å². The summed E-state index contributed by atoms with van der Waals surface area (Å²) in [6.45, 7) is 0. The molecule has 0 saturated heterocycles. The van der Waals surface area contributed by atoms with Crippen LogP contribution in [0.15, 0.2) is 78.0 Å². The number of nitrogens with zero attached hydrogens (tertiary/aromatic N) is 2. The van der Waals surface area contributed by atoms with Gasteiger partial charge in [0.05, 0.1) is 16.5 Å². The second kappa shape index (κ2) is 7.03. The maximum absolute atomic E-state index is 12.3. The first kappa shape index (κ1) is 16.5. The van der Waals surface area contributed by atoms with Crippen LogP contribution >= 0.6 is 0 Å². The highest BCUT2D eigenvalue weighted by atomic mass is 32.2. The molecule has 1 aromatic heterocycles. The lowest BCUT2D eigenvalue weighted by Gasteiger charge is -2.09. The topological polar surface area (TPSA) is 92.1 Å². The molecule has 0 aliphatic carbocycles. The van der Waals surface area contributed by atoms with Gasteiger partial charge in [-0.2, -0.15) is 5.26 Å². The predicted octanol–water partition coefficient (Wildman–Crippen LogP) is 3.55. The first-order valence-corrected chi connectivity index (χ1v) is 8.76. The Morgan fingerprint density at radius 1 is 0.880 bits per heavy atom. The number of aromatic nitrogens is 1. The Morgan fingerprint density at radius 3 is 2.08 bits per heavy atom. The van der Waals surface area contributed by atoms with E-state index in [9.17, 15) is 8.42 Å². The van der Waals surface area contributed by atoms with Gasteiger partial charge < -0.3 is 4.74 Å². The molecule has 0 atom stereocenters. The van der Waals surface area contributed by atoms with Crippen molar-refractivity contribution in [2.24, 2.45) is 0 Å². The Hall–Kier alpha value is -3.37. The third kappa shape index (κ3) is 4.13. The first-order chi connectivity index (χ1) is 12.1. The zero-order chi connectivity index (χ0) is 17.7. The molecule has 7 heteroatoms. The highest BCUT2D eigenvalue weighted by Crippen LogP contribution is 2.23. The Bertz CT molecular complexity index is 994. The lowest BCUT2D eigenvalue weighted by molar-refractivity contribution is 0.482. The Balaban J connectivity index is 1.73. The van der Waals surface area contributed by atoms with Gasteiger partial charge in [-0.1, -0.05) is 0 Å². The molecule has 124 valence electrons. The number of nitrogens with one attached hydrogen (secondary N) is 1. The summed E-state index contributed by atoms with van der Waals surface area (Å²) in [5.41, 5.74) is 0.808. The molecule has 0 radical (unpaired) electrons. The number of hydrogen-bond acceptors (Lipinski definition) is 5. The van der Waals surface area contributed by atoms with Crippen molar-refractivity contribution in [3.8, 4) is 17.6 Å². The molecular formula is C18H13N3O3S. The number of pyridine rings is 1. The molecule has 0 amide bonds. The number of benzene rings is 2. The molecule has 6 nitrogen and oxygen atoms in total. The Labute approximate surface area is 145 Å². The monoisotopic (exact) mass is 351 g/mol. The van der Waals surface area contributed by atoms with Gasteiger partial charge in [0, 0.05) is 18.1 Å². The third-order valence-corrected chi connectivity index (χ3v) is 4.68. The van der Waals surface area contributed by atoms with E-state index in [0.29, 0.717) is 22.7 Å². The van der Waals surface area contributed by atoms with Gasteiger partial charge in [0.2, 0.25) is 0 Å². The van der Waals surface area contributed by atoms with E-state index in [1.165, 1.54) is 24.3 Å². The van der Waals surface area contributed by atoms with Crippen LogP contribution in [0.2, 0.25) is 0 Å². The number of ether oxygens (including phenoxy) is 1. The number of nitriles is 1. The molecular weight excluding hydrogens is 338 g/mol. The average Bonchev–Trinajstić information content (AvgIpc) is 2.64. The maximum atomic E-state index is 12.3. The number of sulfonamides is 1. The average molecular weight is 351 g/mol. The minimum absolute atomic E-state index is 0.0867. The van der Waals surface area contributed by atoms with E-state index in [0.717, 1.165) is 0 Å². The van der Waals surface area contributed by atoms with Crippen molar-refractivity contribution in [3.05, 3.63) is 78.6 Å². The SMILES string of the molecule is N#Cc1ccc(S(=O)(=O)Nc2ccc(Oc3ccncc3)cc2)cc1. The lowest BCUT2D eigenvalue weighted by Crippen LogP contribution is -2.12. The van der Waals surface area contributed by atoms with Crippen molar-refractivity contribution in [1.82, 2.24) is 4.98 Å². The largest absolute Gasteiger partial charge is 0.457 e. The molecule has 0 spiro atoms. The first-order valence-electron chi connectivity index (χ1n) is 7.28. The normalized spacial score (nSPS) is 10.7. The molecule has 0 unspecified atom stereocenters. The van der Waals surface area contributed by atoms with Gasteiger partial charge in [-0.25, -0.2) is 8.42 Å². The van der Waals surface area contributed by atoms with Crippen LogP contribution in [0.5, 0.6) is 11.5 Å². The summed E-state index contributed by atoms with van der Waals surface area (Å²) in [6, 6.07) is 17.6. The summed E-state index contributed by atoms with van der Waals surface area (Å²) in [4.78, 5) is 3.99. The zero-order valence-electron chi connectivity index (χ0n) is 13.0. The fraction of sp³-hybridized carbons (Fsp3) is 0. The van der Waals surface area contributed by atoms with E-state index < -0.39 is 10.0 Å². The molecule has 0 aliphatic rings. The van der Waals surface area contributed by atoms with Crippen LogP contribution in [0.25, 0.3) is 0 Å². The molecule has 1 N–H and O–H groups in total. The molecule has 0 aliphatic heterocycles. The molecule has 0 bridgehead atoms. The second-order valence-electron chi connectivity index (χ2n) is 5.05. The lowest BCUT2D eigenvalue weighted by atomic mass is 10.2. The van der Waals surface area contributed by atoms with Gasteiger partial charge in [0.15, 0.2) is 0 Å². The summed E-state index contributed by atoms with van der Waals surface area (Å²) < 4.78 is 32.8. The minimum Gasteiger partial charge on any atom is -0.457 e. The molecule has 25 heavy (non-hydrogen) atoms. The summed E-state index contributed by atoms with van der Waals surface area (Å²) in [7, 11) is -3.72. The summed E-state index contributed by atoms with van der Waals surface area (Å²) >= 11 is 0. The van der Waals surface area contributed by atoms with Crippen molar-refractivity contribution in [2.45, 2.75) is 4.90 Å². The highest BCUT2D eigenvalue weighted by molar-refractivity contribution is 7.92. The number of anilines is 1. The van der Waals surface area contributed by atoms with Crippen LogP contribution in [-0.2, 0) is 10.0 Å². The summed E-state index contributed by atoms with van der Waals surface area (Å²) in [5, 5.41) is 8.77. The van der Waals surface area contributed by atoms with Crippen molar-refractivity contribution in [3.63, 3.8) is 0 Å². The fourth-order valence-electron chi connectivity index (χ4n) is 2.06. The van der Waals surface area contributed by atoms with Gasteiger partial charge in [-0.05, 0) is 60.7 Å². The van der Waals surface area contributed by atoms with Crippen molar-refractivity contribution in [2.75, 3.05) is 4.72 Å². The van der Waals surface area contributed by atoms with Gasteiger partial charge in [0.1, 0.15) is 11.5 Å². The van der Waals surface area contributed by atoms with Crippen LogP contribution in [0.4, 0.5) is 5.69 Å². The third-order valence-electron chi connectivity index (χ3n) is 3.29. The quantitative estimate of drug-likeness (QED) is 0.759. The molecule has 0 fully saturated rings. The minimum atomic E-state index is -3.72. The zero-order valence-corrected chi connectivity index (χ0v) is 13.8. The van der Waals surface area contributed by atoms with E-state index in [4.69, 9.17) is 10.00 Å². The maximum Gasteiger partial charge on any atom is 0.261 e. The van der Waals surface area contributed by atoms with E-state index in [1.54, 1.807) is 48.8 Å². The van der Waals surface area contributed by atoms with E-state index in [1.807, 2.05) is 6.07 Å². The molecule has 2 aromatic carbocycles. The van der Waals surface area contributed by atoms with Gasteiger partial charge in [-0.15, -0.1) is 0 Å². The van der Waals surface area contributed by atoms with Gasteiger partial charge in [-0.3, -0.25) is 9.71 Å². The van der Waals surface area contributed by atoms with E-state index in [-0.39, 0.29) is 4.90 Å². The Kier molecular flexibility index (Phi) is 4.64. The highest BCUT2D eigenvalue weighted by Gasteiger charge is 2.14. The molecule has 3 rings (SSSR count). The standard InChI is InChI=1S/C18H13N3O3S/c19-13-14-1-7-18(8-2-14)25(22,23)21-15-3-5-16(6-4-15)24-17-9-11-20-12-10-17/h1-12,21H. The molecule has 1 heterocycles. The molecule has 0 saturated carbocycles. The number of hydrogen-bond donors (Lipinski definition) is 1. The number of rotatable bonds is 5. The second-order valence-corrected chi connectivity index (χ2v) is 6.73. The fourth-order valence-corrected chi connectivity index (χ4v) is 3.11. The Morgan fingerprint density at radius 2 is 1.48 bits per heavy atom. The van der Waals surface area contributed by atoms with Crippen LogP contribution in [0.3, 0.4) is 0 Å². The van der Waals surface area contributed by atoms with Crippen LogP contribution < -0.4 is 9.46 Å². The van der Waals surface area contributed by atoms with E-state index in [2.05, 4.69) is 9.71 Å². The predicted molar refractivity (Wildman–Crippen MR) is 92.7 cm³/mol. The van der Waals surface area contributed by atoms with Crippen molar-refractivity contribution in [1.29, 1.82) is 5.26 Å². The molecule has 3 aromatic rings. The van der Waals surface area contributed by atoms with Gasteiger partial charge >= 0.3 is 0 Å². The van der Waals surface area contributed by atoms with Crippen LogP contribution in [0.1, 0.15) is 5.56 Å². The van der Waals surface area contributed by atoms with Crippen LogP contribution in [0, 0.1) is 11.3 Å². The van der Waals surface area contributed by atoms with Gasteiger partial charge in [0.25, 0.3) is 10.0 Å². The summed E-state index contributed by atoms with van der Waals surface area (Å²) in [5.74, 6) is 1.22. The smallest absolute Gasteiger partial charge is 0.261 e. The summed E-state index contributed by atoms with van der Waals surface area (Å²) in [6.07, 6.45) is 3.24. The van der Waals surface area contributed by atoms with Crippen LogP contribution in [-0.4, -0.2) is 13.4 Å².